The summed E-state index contributed by atoms with van der Waals surface area (Å²) in [5.41, 5.74) is 1.87. The van der Waals surface area contributed by atoms with Crippen molar-refractivity contribution in [1.82, 2.24) is 0 Å². The van der Waals surface area contributed by atoms with Gasteiger partial charge in [0.05, 0.1) is 24.0 Å². The van der Waals surface area contributed by atoms with Gasteiger partial charge in [0.25, 0.3) is 0 Å². The molecule has 0 aromatic heterocycles. The number of fused-ring (bicyclic) bond motifs is 1. The summed E-state index contributed by atoms with van der Waals surface area (Å²) < 4.78 is 4.66. The Kier molecular flexibility index (Phi) is 3.74. The number of hydrogen-bond donors (Lipinski definition) is 2. The maximum absolute atomic E-state index is 12.0. The van der Waals surface area contributed by atoms with Gasteiger partial charge in [-0.2, -0.15) is 0 Å². The van der Waals surface area contributed by atoms with Crippen molar-refractivity contribution in [2.24, 2.45) is 5.92 Å². The molecule has 19 heavy (non-hydrogen) atoms. The normalized spacial score (nSPS) is 17.5. The van der Waals surface area contributed by atoms with E-state index in [4.69, 9.17) is 0 Å². The van der Waals surface area contributed by atoms with Crippen LogP contribution in [0.25, 0.3) is 0 Å². The molecule has 102 valence electrons. The zero-order valence-corrected chi connectivity index (χ0v) is 11.3. The summed E-state index contributed by atoms with van der Waals surface area (Å²) in [5, 5.41) is 6.02. The van der Waals surface area contributed by atoms with Crippen molar-refractivity contribution in [1.29, 1.82) is 0 Å². The predicted molar refractivity (Wildman–Crippen MR) is 73.3 cm³/mol. The van der Waals surface area contributed by atoms with Gasteiger partial charge in [-0.25, -0.2) is 4.79 Å². The number of anilines is 2. The van der Waals surface area contributed by atoms with Crippen molar-refractivity contribution in [3.05, 3.63) is 23.8 Å². The fraction of sp³-hybridized carbons (Fsp3) is 0.429. The van der Waals surface area contributed by atoms with Crippen molar-refractivity contribution in [2.45, 2.75) is 26.3 Å². The molecular weight excluding hydrogens is 244 g/mol. The first-order chi connectivity index (χ1) is 9.01. The Morgan fingerprint density at radius 2 is 2.11 bits per heavy atom. The molecule has 5 nitrogen and oxygen atoms in total. The highest BCUT2D eigenvalue weighted by atomic mass is 16.5. The molecule has 1 amide bonds. The Morgan fingerprint density at radius 1 is 1.37 bits per heavy atom. The molecule has 2 N–H and O–H groups in total. The molecule has 2 rings (SSSR count). The Morgan fingerprint density at radius 3 is 2.74 bits per heavy atom. The van der Waals surface area contributed by atoms with Crippen molar-refractivity contribution >= 4 is 23.3 Å². The molecule has 0 unspecified atom stereocenters. The molecular formula is C14H18N2O3. The maximum Gasteiger partial charge on any atom is 0.337 e. The Balaban J connectivity index is 2.23. The molecule has 1 aliphatic heterocycles. The summed E-state index contributed by atoms with van der Waals surface area (Å²) in [6.45, 7) is 4.15. The smallest absolute Gasteiger partial charge is 0.337 e. The van der Waals surface area contributed by atoms with Gasteiger partial charge in [0.1, 0.15) is 6.04 Å². The minimum absolute atomic E-state index is 0.0665. The van der Waals surface area contributed by atoms with Crippen molar-refractivity contribution < 1.29 is 14.3 Å². The van der Waals surface area contributed by atoms with Gasteiger partial charge >= 0.3 is 5.97 Å². The van der Waals surface area contributed by atoms with E-state index < -0.39 is 5.97 Å². The quantitative estimate of drug-likeness (QED) is 0.820. The van der Waals surface area contributed by atoms with Crippen LogP contribution in [0.4, 0.5) is 11.4 Å². The molecule has 1 heterocycles. The minimum Gasteiger partial charge on any atom is -0.465 e. The summed E-state index contributed by atoms with van der Waals surface area (Å²) in [6.07, 6.45) is 0.768. The van der Waals surface area contributed by atoms with E-state index in [1.165, 1.54) is 7.11 Å². The predicted octanol–water partition coefficient (Wildman–Crippen LogP) is 2.25. The third-order valence-electron chi connectivity index (χ3n) is 3.05. The first-order valence-corrected chi connectivity index (χ1v) is 6.31. The fourth-order valence-electron chi connectivity index (χ4n) is 2.13. The molecule has 0 bridgehead atoms. The third kappa shape index (κ3) is 2.86. The van der Waals surface area contributed by atoms with Gasteiger partial charge in [0.2, 0.25) is 5.91 Å². The number of carbonyl (C=O) groups is 2. The van der Waals surface area contributed by atoms with Crippen LogP contribution >= 0.6 is 0 Å². The lowest BCUT2D eigenvalue weighted by Gasteiger charge is -2.28. The molecule has 5 heteroatoms. The number of esters is 1. The van der Waals surface area contributed by atoms with Crippen molar-refractivity contribution in [3.63, 3.8) is 0 Å². The van der Waals surface area contributed by atoms with E-state index >= 15 is 0 Å². The lowest BCUT2D eigenvalue weighted by atomic mass is 10.00. The van der Waals surface area contributed by atoms with Gasteiger partial charge in [-0.05, 0) is 30.5 Å². The van der Waals surface area contributed by atoms with Gasteiger partial charge in [0, 0.05) is 0 Å². The second kappa shape index (κ2) is 5.30. The average molecular weight is 262 g/mol. The van der Waals surface area contributed by atoms with Crippen LogP contribution in [0.15, 0.2) is 18.2 Å². The molecule has 0 radical (unpaired) electrons. The molecule has 1 aliphatic rings. The second-order valence-electron chi connectivity index (χ2n) is 5.07. The first-order valence-electron chi connectivity index (χ1n) is 6.31. The third-order valence-corrected chi connectivity index (χ3v) is 3.05. The monoisotopic (exact) mass is 262 g/mol. The molecule has 1 aromatic carbocycles. The molecule has 1 aromatic rings. The molecule has 1 atom stereocenters. The molecule has 0 saturated heterocycles. The standard InChI is InChI=1S/C14H18N2O3/c1-8(2)6-12-13(17)16-11-7-9(14(18)19-3)4-5-10(11)15-12/h4-5,7-8,12,15H,6H2,1-3H3,(H,16,17)/t12-/m0/s1. The van der Waals surface area contributed by atoms with Crippen molar-refractivity contribution in [2.75, 3.05) is 17.7 Å². The van der Waals surface area contributed by atoms with Crippen LogP contribution in [-0.2, 0) is 9.53 Å². The highest BCUT2D eigenvalue weighted by Gasteiger charge is 2.26. The number of hydrogen-bond acceptors (Lipinski definition) is 4. The van der Waals surface area contributed by atoms with Gasteiger partial charge in [0.15, 0.2) is 0 Å². The average Bonchev–Trinajstić information content (AvgIpc) is 2.37. The first kappa shape index (κ1) is 13.4. The zero-order valence-electron chi connectivity index (χ0n) is 11.3. The van der Waals surface area contributed by atoms with E-state index in [0.29, 0.717) is 17.2 Å². The summed E-state index contributed by atoms with van der Waals surface area (Å²) >= 11 is 0. The maximum atomic E-state index is 12.0. The Bertz CT molecular complexity index is 511. The SMILES string of the molecule is COC(=O)c1ccc2c(c1)NC(=O)[C@H](CC(C)C)N2. The summed E-state index contributed by atoms with van der Waals surface area (Å²) in [7, 11) is 1.33. The van der Waals surface area contributed by atoms with Crippen LogP contribution in [0.3, 0.4) is 0 Å². The van der Waals surface area contributed by atoms with Crippen LogP contribution in [0.2, 0.25) is 0 Å². The molecule has 0 aliphatic carbocycles. The summed E-state index contributed by atoms with van der Waals surface area (Å²) in [5.74, 6) is -0.0521. The van der Waals surface area contributed by atoms with E-state index in [1.807, 2.05) is 0 Å². The van der Waals surface area contributed by atoms with Gasteiger partial charge < -0.3 is 15.4 Å². The number of amides is 1. The highest BCUT2D eigenvalue weighted by molar-refractivity contribution is 6.04. The topological polar surface area (TPSA) is 67.4 Å². The zero-order chi connectivity index (χ0) is 14.0. The van der Waals surface area contributed by atoms with E-state index in [9.17, 15) is 9.59 Å². The van der Waals surface area contributed by atoms with Crippen LogP contribution in [-0.4, -0.2) is 25.0 Å². The number of carbonyl (C=O) groups excluding carboxylic acids is 2. The van der Waals surface area contributed by atoms with E-state index in [0.717, 1.165) is 12.1 Å². The largest absolute Gasteiger partial charge is 0.465 e. The van der Waals surface area contributed by atoms with Gasteiger partial charge in [-0.15, -0.1) is 0 Å². The van der Waals surface area contributed by atoms with Crippen LogP contribution in [0, 0.1) is 5.92 Å². The second-order valence-corrected chi connectivity index (χ2v) is 5.07. The number of benzene rings is 1. The number of rotatable bonds is 3. The van der Waals surface area contributed by atoms with Crippen LogP contribution < -0.4 is 10.6 Å². The number of methoxy groups -OCH3 is 1. The van der Waals surface area contributed by atoms with Crippen LogP contribution in [0.1, 0.15) is 30.6 Å². The Hall–Kier alpha value is -2.04. The fourth-order valence-corrected chi connectivity index (χ4v) is 2.13. The van der Waals surface area contributed by atoms with E-state index in [1.54, 1.807) is 18.2 Å². The van der Waals surface area contributed by atoms with Crippen LogP contribution in [0.5, 0.6) is 0 Å². The van der Waals surface area contributed by atoms with E-state index in [-0.39, 0.29) is 11.9 Å². The molecule has 0 spiro atoms. The number of ether oxygens (including phenoxy) is 1. The minimum atomic E-state index is -0.415. The lowest BCUT2D eigenvalue weighted by molar-refractivity contribution is -0.117. The lowest BCUT2D eigenvalue weighted by Crippen LogP contribution is -2.39. The van der Waals surface area contributed by atoms with Crippen molar-refractivity contribution in [3.8, 4) is 0 Å². The molecule has 0 fully saturated rings. The number of nitrogens with one attached hydrogen (secondary N) is 2. The van der Waals surface area contributed by atoms with Gasteiger partial charge in [-0.3, -0.25) is 4.79 Å². The van der Waals surface area contributed by atoms with Gasteiger partial charge in [-0.1, -0.05) is 13.8 Å². The van der Waals surface area contributed by atoms with E-state index in [2.05, 4.69) is 29.2 Å². The highest BCUT2D eigenvalue weighted by Crippen LogP contribution is 2.29. The summed E-state index contributed by atoms with van der Waals surface area (Å²) in [6, 6.07) is 4.87. The summed E-state index contributed by atoms with van der Waals surface area (Å²) in [4.78, 5) is 23.4. The Labute approximate surface area is 112 Å². The molecule has 0 saturated carbocycles.